The molecule has 1 unspecified atom stereocenters. The fourth-order valence-electron chi connectivity index (χ4n) is 3.85. The Bertz CT molecular complexity index is 1190. The maximum atomic E-state index is 14.6. The third kappa shape index (κ3) is 3.75. The van der Waals surface area contributed by atoms with Crippen molar-refractivity contribution in [3.8, 4) is 11.5 Å². The van der Waals surface area contributed by atoms with Crippen molar-refractivity contribution in [3.63, 3.8) is 0 Å². The molecule has 0 amide bonds. The lowest BCUT2D eigenvalue weighted by atomic mass is 10.1. The zero-order valence-corrected chi connectivity index (χ0v) is 19.0. The van der Waals surface area contributed by atoms with Crippen LogP contribution < -0.4 is 14.8 Å². The number of alkyl halides is 1. The third-order valence-corrected chi connectivity index (χ3v) is 6.69. The zero-order valence-electron chi connectivity index (χ0n) is 16.6. The number of fused-ring (bicyclic) bond motifs is 2. The first kappa shape index (κ1) is 21.6. The molecule has 3 aromatic rings. The quantitative estimate of drug-likeness (QED) is 0.476. The lowest BCUT2D eigenvalue weighted by Crippen LogP contribution is -2.33. The number of halogens is 4. The standard InChI is InChI=1S/C21H17BrClF2N3O4/c1-29-14-4-9-13(5-15(14)32-16-7-31-19-11(24)6-30-20(16)19)26-8-27-21(9)28-12-3-2-10(22)17(23)18(12)25/h2-5,8,11,16,19-20H,6-7H2,1H3,(H,26,27,28)/t11-,16?,19+,20+/m1/s1. The van der Waals surface area contributed by atoms with Crippen molar-refractivity contribution >= 4 is 49.9 Å². The van der Waals surface area contributed by atoms with Crippen molar-refractivity contribution in [3.05, 3.63) is 45.9 Å². The average molecular weight is 529 g/mol. The van der Waals surface area contributed by atoms with Crippen LogP contribution in [0, 0.1) is 5.82 Å². The minimum atomic E-state index is -1.17. The number of nitrogens with one attached hydrogen (secondary N) is 1. The number of nitrogens with zero attached hydrogens (tertiary/aromatic N) is 2. The van der Waals surface area contributed by atoms with E-state index in [1.807, 2.05) is 0 Å². The van der Waals surface area contributed by atoms with Crippen molar-refractivity contribution in [1.82, 2.24) is 9.97 Å². The fraction of sp³-hybridized carbons (Fsp3) is 0.333. The Morgan fingerprint density at radius 2 is 1.97 bits per heavy atom. The molecule has 2 aliphatic heterocycles. The molecule has 0 saturated carbocycles. The Labute approximate surface area is 195 Å². The summed E-state index contributed by atoms with van der Waals surface area (Å²) in [5, 5.41) is 3.49. The maximum absolute atomic E-state index is 14.6. The van der Waals surface area contributed by atoms with Crippen molar-refractivity contribution in [2.24, 2.45) is 0 Å². The number of hydrogen-bond acceptors (Lipinski definition) is 7. The van der Waals surface area contributed by atoms with Crippen molar-refractivity contribution < 1.29 is 27.7 Å². The molecule has 0 radical (unpaired) electrons. The number of benzene rings is 2. The second-order valence-corrected chi connectivity index (χ2v) is 8.59. The number of anilines is 2. The van der Waals surface area contributed by atoms with Gasteiger partial charge < -0.3 is 24.3 Å². The van der Waals surface area contributed by atoms with Gasteiger partial charge in [-0.25, -0.2) is 18.7 Å². The molecule has 32 heavy (non-hydrogen) atoms. The molecule has 5 rings (SSSR count). The Kier molecular flexibility index (Phi) is 5.79. The molecule has 2 saturated heterocycles. The first-order valence-electron chi connectivity index (χ1n) is 9.73. The summed E-state index contributed by atoms with van der Waals surface area (Å²) in [5.41, 5.74) is 0.693. The van der Waals surface area contributed by atoms with Gasteiger partial charge in [0.25, 0.3) is 0 Å². The van der Waals surface area contributed by atoms with E-state index in [1.165, 1.54) is 13.4 Å². The summed E-state index contributed by atoms with van der Waals surface area (Å²) in [6, 6.07) is 6.55. The summed E-state index contributed by atoms with van der Waals surface area (Å²) < 4.78 is 51.4. The van der Waals surface area contributed by atoms with Crippen LogP contribution in [0.1, 0.15) is 0 Å². The molecule has 2 fully saturated rings. The first-order chi connectivity index (χ1) is 15.5. The highest BCUT2D eigenvalue weighted by Crippen LogP contribution is 2.39. The lowest BCUT2D eigenvalue weighted by molar-refractivity contribution is 0.0271. The highest BCUT2D eigenvalue weighted by Gasteiger charge is 2.49. The average Bonchev–Trinajstić information content (AvgIpc) is 3.37. The highest BCUT2D eigenvalue weighted by molar-refractivity contribution is 9.10. The Morgan fingerprint density at radius 3 is 2.78 bits per heavy atom. The second kappa shape index (κ2) is 8.58. The largest absolute Gasteiger partial charge is 0.493 e. The lowest BCUT2D eigenvalue weighted by Gasteiger charge is -2.20. The van der Waals surface area contributed by atoms with Gasteiger partial charge in [0.1, 0.15) is 24.4 Å². The molecular weight excluding hydrogens is 512 g/mol. The second-order valence-electron chi connectivity index (χ2n) is 7.36. The monoisotopic (exact) mass is 527 g/mol. The Balaban J connectivity index is 1.47. The molecule has 0 bridgehead atoms. The maximum Gasteiger partial charge on any atom is 0.166 e. The van der Waals surface area contributed by atoms with Crippen LogP contribution in [0.15, 0.2) is 35.1 Å². The summed E-state index contributed by atoms with van der Waals surface area (Å²) in [4.78, 5) is 8.52. The summed E-state index contributed by atoms with van der Waals surface area (Å²) in [5.74, 6) is 0.560. The van der Waals surface area contributed by atoms with Crippen LogP contribution in [0.25, 0.3) is 10.9 Å². The summed E-state index contributed by atoms with van der Waals surface area (Å²) >= 11 is 9.18. The van der Waals surface area contributed by atoms with Crippen molar-refractivity contribution in [2.75, 3.05) is 25.6 Å². The predicted octanol–water partition coefficient (Wildman–Crippen LogP) is 4.82. The molecule has 2 aromatic carbocycles. The number of hydrogen-bond donors (Lipinski definition) is 1. The van der Waals surface area contributed by atoms with Crippen LogP contribution in [0.4, 0.5) is 20.3 Å². The third-order valence-electron chi connectivity index (χ3n) is 5.43. The van der Waals surface area contributed by atoms with Gasteiger partial charge >= 0.3 is 0 Å². The summed E-state index contributed by atoms with van der Waals surface area (Å²) in [6.45, 7) is 0.195. The number of aromatic nitrogens is 2. The van der Waals surface area contributed by atoms with Gasteiger partial charge in [-0.15, -0.1) is 0 Å². The number of ether oxygens (including phenoxy) is 4. The topological polar surface area (TPSA) is 74.7 Å². The molecule has 0 spiro atoms. The van der Waals surface area contributed by atoms with Gasteiger partial charge in [-0.05, 0) is 34.1 Å². The fourth-order valence-corrected chi connectivity index (χ4v) is 4.32. The van der Waals surface area contributed by atoms with E-state index in [0.717, 1.165) is 0 Å². The van der Waals surface area contributed by atoms with E-state index in [9.17, 15) is 8.78 Å². The van der Waals surface area contributed by atoms with Gasteiger partial charge in [0.2, 0.25) is 0 Å². The molecule has 4 atom stereocenters. The van der Waals surface area contributed by atoms with Crippen molar-refractivity contribution in [2.45, 2.75) is 24.5 Å². The SMILES string of the molecule is COc1cc2c(Nc3ccc(Br)c(Cl)c3F)ncnc2cc1OC1CO[C@H]2[C@H](F)CO[C@@H]12. The zero-order chi connectivity index (χ0) is 22.4. The number of methoxy groups -OCH3 is 1. The van der Waals surface area contributed by atoms with Gasteiger partial charge in [-0.2, -0.15) is 0 Å². The molecule has 1 N–H and O–H groups in total. The van der Waals surface area contributed by atoms with E-state index in [0.29, 0.717) is 32.7 Å². The summed E-state index contributed by atoms with van der Waals surface area (Å²) in [7, 11) is 1.50. The Hall–Kier alpha value is -2.27. The van der Waals surface area contributed by atoms with Crippen LogP contribution >= 0.6 is 27.5 Å². The van der Waals surface area contributed by atoms with E-state index in [4.69, 9.17) is 30.5 Å². The minimum absolute atomic E-state index is 0.0110. The van der Waals surface area contributed by atoms with E-state index < -0.39 is 30.3 Å². The van der Waals surface area contributed by atoms with Crippen LogP contribution in [0.5, 0.6) is 11.5 Å². The molecule has 168 valence electrons. The molecule has 11 heteroatoms. The van der Waals surface area contributed by atoms with Crippen LogP contribution in [0.3, 0.4) is 0 Å². The van der Waals surface area contributed by atoms with Crippen molar-refractivity contribution in [1.29, 1.82) is 0 Å². The van der Waals surface area contributed by atoms with E-state index in [2.05, 4.69) is 31.2 Å². The van der Waals surface area contributed by atoms with E-state index in [-0.39, 0.29) is 23.9 Å². The van der Waals surface area contributed by atoms with E-state index in [1.54, 1.807) is 24.3 Å². The highest BCUT2D eigenvalue weighted by atomic mass is 79.9. The van der Waals surface area contributed by atoms with E-state index >= 15 is 0 Å². The molecule has 0 aliphatic carbocycles. The molecular formula is C21H17BrClF2N3O4. The normalized spacial score (nSPS) is 24.5. The minimum Gasteiger partial charge on any atom is -0.493 e. The molecule has 3 heterocycles. The summed E-state index contributed by atoms with van der Waals surface area (Å²) in [6.07, 6.45) is -1.41. The number of rotatable bonds is 5. The van der Waals surface area contributed by atoms with Gasteiger partial charge in [0.15, 0.2) is 29.6 Å². The molecule has 1 aromatic heterocycles. The molecule has 7 nitrogen and oxygen atoms in total. The molecule has 2 aliphatic rings. The Morgan fingerprint density at radius 1 is 1.16 bits per heavy atom. The predicted molar refractivity (Wildman–Crippen MR) is 117 cm³/mol. The van der Waals surface area contributed by atoms with Crippen LogP contribution in [-0.2, 0) is 9.47 Å². The van der Waals surface area contributed by atoms with Gasteiger partial charge in [-0.3, -0.25) is 0 Å². The van der Waals surface area contributed by atoms with Crippen LogP contribution in [-0.4, -0.2) is 54.8 Å². The van der Waals surface area contributed by atoms with Crippen LogP contribution in [0.2, 0.25) is 5.02 Å². The van der Waals surface area contributed by atoms with Gasteiger partial charge in [0, 0.05) is 15.9 Å². The first-order valence-corrected chi connectivity index (χ1v) is 10.9. The smallest absolute Gasteiger partial charge is 0.166 e. The van der Waals surface area contributed by atoms with Gasteiger partial charge in [-0.1, -0.05) is 11.6 Å². The van der Waals surface area contributed by atoms with Gasteiger partial charge in [0.05, 0.1) is 36.6 Å².